The molecule has 1 N–H and O–H groups in total. The molecule has 0 aromatic heterocycles. The zero-order valence-corrected chi connectivity index (χ0v) is 13.4. The number of nitrogens with one attached hydrogen (secondary N) is 1. The van der Waals surface area contributed by atoms with E-state index in [1.165, 1.54) is 31.2 Å². The third-order valence-corrected chi connectivity index (χ3v) is 4.26. The Morgan fingerprint density at radius 1 is 1.21 bits per heavy atom. The van der Waals surface area contributed by atoms with Crippen LogP contribution in [0.15, 0.2) is 24.3 Å². The van der Waals surface area contributed by atoms with E-state index in [1.54, 1.807) is 0 Å². The Balaban J connectivity index is 2.81. The van der Waals surface area contributed by atoms with Crippen LogP contribution < -0.4 is 5.32 Å². The average Bonchev–Trinajstić information content (AvgIpc) is 2.42. The fraction of sp³-hybridized carbons (Fsp3) is 0.647. The summed E-state index contributed by atoms with van der Waals surface area (Å²) in [7, 11) is 0. The first-order valence-corrected chi connectivity index (χ1v) is 7.98. The molecular formula is C17H28ClN. The van der Waals surface area contributed by atoms with Gasteiger partial charge in [-0.05, 0) is 48.9 Å². The minimum atomic E-state index is 0.372. The zero-order chi connectivity index (χ0) is 14.1. The van der Waals surface area contributed by atoms with Crippen LogP contribution in [-0.2, 0) is 6.42 Å². The fourth-order valence-electron chi connectivity index (χ4n) is 2.69. The van der Waals surface area contributed by atoms with Crippen molar-refractivity contribution in [3.05, 3.63) is 34.9 Å². The molecular weight excluding hydrogens is 254 g/mol. The molecule has 1 aromatic rings. The van der Waals surface area contributed by atoms with Gasteiger partial charge in [0.1, 0.15) is 0 Å². The first kappa shape index (κ1) is 16.5. The molecule has 0 fully saturated rings. The lowest BCUT2D eigenvalue weighted by Crippen LogP contribution is -2.36. The van der Waals surface area contributed by atoms with Crippen molar-refractivity contribution in [2.24, 2.45) is 5.41 Å². The molecule has 0 spiro atoms. The molecule has 1 nitrogen and oxygen atoms in total. The molecule has 2 heteroatoms. The first-order chi connectivity index (χ1) is 9.15. The molecule has 1 unspecified atom stereocenters. The second kappa shape index (κ2) is 8.60. The molecule has 19 heavy (non-hydrogen) atoms. The van der Waals surface area contributed by atoms with E-state index < -0.39 is 0 Å². The minimum absolute atomic E-state index is 0.372. The van der Waals surface area contributed by atoms with Gasteiger partial charge in [-0.15, -0.1) is 0 Å². The highest BCUT2D eigenvalue weighted by atomic mass is 35.5. The van der Waals surface area contributed by atoms with Crippen LogP contribution in [0, 0.1) is 5.41 Å². The van der Waals surface area contributed by atoms with Gasteiger partial charge in [0.15, 0.2) is 0 Å². The lowest BCUT2D eigenvalue weighted by Gasteiger charge is -2.33. The van der Waals surface area contributed by atoms with Crippen LogP contribution in [0.3, 0.4) is 0 Å². The summed E-state index contributed by atoms with van der Waals surface area (Å²) in [6.07, 6.45) is 6.20. The van der Waals surface area contributed by atoms with Crippen molar-refractivity contribution >= 4 is 11.6 Å². The van der Waals surface area contributed by atoms with E-state index in [0.29, 0.717) is 5.41 Å². The molecule has 0 bridgehead atoms. The van der Waals surface area contributed by atoms with Crippen LogP contribution in [0.4, 0.5) is 0 Å². The Morgan fingerprint density at radius 3 is 2.58 bits per heavy atom. The van der Waals surface area contributed by atoms with Crippen molar-refractivity contribution in [1.82, 2.24) is 5.32 Å². The van der Waals surface area contributed by atoms with E-state index in [1.807, 2.05) is 6.07 Å². The summed E-state index contributed by atoms with van der Waals surface area (Å²) in [6, 6.07) is 8.33. The van der Waals surface area contributed by atoms with Crippen molar-refractivity contribution in [2.75, 3.05) is 13.1 Å². The summed E-state index contributed by atoms with van der Waals surface area (Å²) in [5, 5.41) is 4.40. The zero-order valence-electron chi connectivity index (χ0n) is 12.6. The summed E-state index contributed by atoms with van der Waals surface area (Å²) < 4.78 is 0. The molecule has 0 heterocycles. The number of rotatable bonds is 9. The maximum Gasteiger partial charge on any atom is 0.0408 e. The van der Waals surface area contributed by atoms with E-state index in [-0.39, 0.29) is 0 Å². The third kappa shape index (κ3) is 5.54. The van der Waals surface area contributed by atoms with Crippen molar-refractivity contribution in [2.45, 2.75) is 52.9 Å². The normalized spacial score (nSPS) is 14.3. The summed E-state index contributed by atoms with van der Waals surface area (Å²) >= 11 is 6.11. The summed E-state index contributed by atoms with van der Waals surface area (Å²) in [5.41, 5.74) is 1.74. The van der Waals surface area contributed by atoms with Crippen molar-refractivity contribution < 1.29 is 0 Å². The Hall–Kier alpha value is -0.530. The third-order valence-electron chi connectivity index (χ3n) is 4.03. The molecule has 1 rings (SSSR count). The Morgan fingerprint density at radius 2 is 2.00 bits per heavy atom. The fourth-order valence-corrected chi connectivity index (χ4v) is 2.90. The quantitative estimate of drug-likeness (QED) is 0.666. The van der Waals surface area contributed by atoms with E-state index in [0.717, 1.165) is 24.5 Å². The molecule has 0 amide bonds. The van der Waals surface area contributed by atoms with Gasteiger partial charge in [0.2, 0.25) is 0 Å². The van der Waals surface area contributed by atoms with Crippen LogP contribution in [0.2, 0.25) is 5.02 Å². The van der Waals surface area contributed by atoms with Crippen molar-refractivity contribution in [3.63, 3.8) is 0 Å². The van der Waals surface area contributed by atoms with Crippen LogP contribution in [0.25, 0.3) is 0 Å². The minimum Gasteiger partial charge on any atom is -0.316 e. The average molecular weight is 282 g/mol. The topological polar surface area (TPSA) is 12.0 Å². The van der Waals surface area contributed by atoms with Crippen LogP contribution in [-0.4, -0.2) is 13.1 Å². The van der Waals surface area contributed by atoms with E-state index in [9.17, 15) is 0 Å². The summed E-state index contributed by atoms with van der Waals surface area (Å²) in [4.78, 5) is 0. The smallest absolute Gasteiger partial charge is 0.0408 e. The molecule has 0 radical (unpaired) electrons. The van der Waals surface area contributed by atoms with Crippen molar-refractivity contribution in [3.8, 4) is 0 Å². The van der Waals surface area contributed by atoms with Gasteiger partial charge in [0.05, 0.1) is 0 Å². The van der Waals surface area contributed by atoms with Crippen LogP contribution >= 0.6 is 11.6 Å². The first-order valence-electron chi connectivity index (χ1n) is 7.61. The predicted molar refractivity (Wildman–Crippen MR) is 85.9 cm³/mol. The van der Waals surface area contributed by atoms with Crippen molar-refractivity contribution in [1.29, 1.82) is 0 Å². The monoisotopic (exact) mass is 281 g/mol. The molecule has 0 aliphatic carbocycles. The number of unbranched alkanes of at least 4 members (excludes halogenated alkanes) is 1. The lowest BCUT2D eigenvalue weighted by atomic mass is 9.75. The number of hydrogen-bond acceptors (Lipinski definition) is 1. The molecule has 108 valence electrons. The van der Waals surface area contributed by atoms with E-state index >= 15 is 0 Å². The Labute approximate surface area is 123 Å². The highest BCUT2D eigenvalue weighted by molar-refractivity contribution is 6.30. The summed E-state index contributed by atoms with van der Waals surface area (Å²) in [5.74, 6) is 0. The van der Waals surface area contributed by atoms with E-state index in [4.69, 9.17) is 11.6 Å². The highest BCUT2D eigenvalue weighted by Gasteiger charge is 2.27. The second-order valence-corrected chi connectivity index (χ2v) is 5.98. The van der Waals surface area contributed by atoms with Crippen LogP contribution in [0.5, 0.6) is 0 Å². The van der Waals surface area contributed by atoms with Gasteiger partial charge in [-0.25, -0.2) is 0 Å². The largest absolute Gasteiger partial charge is 0.316 e. The van der Waals surface area contributed by atoms with Gasteiger partial charge in [0, 0.05) is 11.6 Å². The SMILES string of the molecule is CCCCC(CC)(CNCC)Cc1cccc(Cl)c1. The molecule has 0 aliphatic rings. The van der Waals surface area contributed by atoms with Gasteiger partial charge in [-0.1, -0.05) is 57.3 Å². The lowest BCUT2D eigenvalue weighted by molar-refractivity contribution is 0.231. The van der Waals surface area contributed by atoms with Gasteiger partial charge in [-0.2, -0.15) is 0 Å². The standard InChI is InChI=1S/C17H28ClN/c1-4-7-11-17(5-2,14-19-6-3)13-15-9-8-10-16(18)12-15/h8-10,12,19H,4-7,11,13-14H2,1-3H3. The Kier molecular flexibility index (Phi) is 7.48. The Bertz CT molecular complexity index is 354. The predicted octanol–water partition coefficient (Wildman–Crippen LogP) is 5.08. The van der Waals surface area contributed by atoms with E-state index in [2.05, 4.69) is 44.3 Å². The highest BCUT2D eigenvalue weighted by Crippen LogP contribution is 2.33. The van der Waals surface area contributed by atoms with Gasteiger partial charge < -0.3 is 5.32 Å². The maximum atomic E-state index is 6.11. The number of benzene rings is 1. The molecule has 0 aliphatic heterocycles. The van der Waals surface area contributed by atoms with Gasteiger partial charge in [0.25, 0.3) is 0 Å². The number of hydrogen-bond donors (Lipinski definition) is 1. The van der Waals surface area contributed by atoms with Crippen LogP contribution in [0.1, 0.15) is 52.0 Å². The molecule has 0 saturated heterocycles. The molecule has 1 atom stereocenters. The van der Waals surface area contributed by atoms with Gasteiger partial charge >= 0.3 is 0 Å². The second-order valence-electron chi connectivity index (χ2n) is 5.54. The van der Waals surface area contributed by atoms with Gasteiger partial charge in [-0.3, -0.25) is 0 Å². The molecule has 0 saturated carbocycles. The summed E-state index contributed by atoms with van der Waals surface area (Å²) in [6.45, 7) is 8.92. The number of halogens is 1. The molecule has 1 aromatic carbocycles. The maximum absolute atomic E-state index is 6.11.